The van der Waals surface area contributed by atoms with E-state index in [4.69, 9.17) is 9.47 Å². The molecular formula is C14H23NO3. The van der Waals surface area contributed by atoms with Crippen molar-refractivity contribution in [3.05, 3.63) is 23.8 Å². The zero-order chi connectivity index (χ0) is 13.5. The molecule has 1 aromatic rings. The van der Waals surface area contributed by atoms with Crippen LogP contribution in [0.3, 0.4) is 0 Å². The van der Waals surface area contributed by atoms with Gasteiger partial charge in [0.05, 0.1) is 13.7 Å². The number of rotatable bonds is 7. The molecule has 0 saturated heterocycles. The summed E-state index contributed by atoms with van der Waals surface area (Å²) in [6.07, 6.45) is 0. The molecule has 1 aromatic carbocycles. The molecule has 0 aromatic heterocycles. The lowest BCUT2D eigenvalue weighted by Gasteiger charge is -2.21. The molecule has 0 aliphatic heterocycles. The summed E-state index contributed by atoms with van der Waals surface area (Å²) in [6, 6.07) is 5.73. The molecule has 0 radical (unpaired) electrons. The van der Waals surface area contributed by atoms with Crippen molar-refractivity contribution in [2.45, 2.75) is 26.4 Å². The molecule has 0 aliphatic carbocycles. The van der Waals surface area contributed by atoms with Crippen molar-refractivity contribution >= 4 is 0 Å². The fraction of sp³-hybridized carbons (Fsp3) is 0.571. The van der Waals surface area contributed by atoms with Crippen molar-refractivity contribution in [1.29, 1.82) is 0 Å². The smallest absolute Gasteiger partial charge is 0.160 e. The largest absolute Gasteiger partial charge is 0.504 e. The molecule has 0 heterocycles. The van der Waals surface area contributed by atoms with Crippen LogP contribution in [0, 0.1) is 5.92 Å². The molecule has 102 valence electrons. The maximum Gasteiger partial charge on any atom is 0.160 e. The highest BCUT2D eigenvalue weighted by molar-refractivity contribution is 5.41. The molecule has 4 heteroatoms. The van der Waals surface area contributed by atoms with Gasteiger partial charge in [0.2, 0.25) is 0 Å². The van der Waals surface area contributed by atoms with Crippen LogP contribution in [-0.2, 0) is 11.3 Å². The first-order valence-electron chi connectivity index (χ1n) is 6.16. The van der Waals surface area contributed by atoms with E-state index in [0.717, 1.165) is 5.56 Å². The third-order valence-electron chi connectivity index (χ3n) is 2.96. The van der Waals surface area contributed by atoms with E-state index in [1.807, 2.05) is 6.07 Å². The number of aromatic hydroxyl groups is 1. The van der Waals surface area contributed by atoms with Gasteiger partial charge in [0.25, 0.3) is 0 Å². The number of hydrogen-bond donors (Lipinski definition) is 2. The number of nitrogens with one attached hydrogen (secondary N) is 1. The van der Waals surface area contributed by atoms with E-state index in [1.54, 1.807) is 26.4 Å². The molecule has 1 rings (SSSR count). The molecule has 0 amide bonds. The summed E-state index contributed by atoms with van der Waals surface area (Å²) in [5.74, 6) is 1.16. The van der Waals surface area contributed by atoms with Gasteiger partial charge in [0.15, 0.2) is 11.5 Å². The molecular weight excluding hydrogens is 230 g/mol. The molecule has 0 saturated carbocycles. The van der Waals surface area contributed by atoms with E-state index >= 15 is 0 Å². The van der Waals surface area contributed by atoms with Crippen LogP contribution in [0.4, 0.5) is 0 Å². The molecule has 0 fully saturated rings. The lowest BCUT2D eigenvalue weighted by molar-refractivity contribution is 0.146. The predicted octanol–water partition coefficient (Wildman–Crippen LogP) is 2.16. The predicted molar refractivity (Wildman–Crippen MR) is 72.0 cm³/mol. The van der Waals surface area contributed by atoms with Gasteiger partial charge >= 0.3 is 0 Å². The Morgan fingerprint density at radius 1 is 1.28 bits per heavy atom. The van der Waals surface area contributed by atoms with Gasteiger partial charge < -0.3 is 19.9 Å². The van der Waals surface area contributed by atoms with E-state index in [1.165, 1.54) is 0 Å². The quantitative estimate of drug-likeness (QED) is 0.782. The van der Waals surface area contributed by atoms with Gasteiger partial charge in [-0.15, -0.1) is 0 Å². The summed E-state index contributed by atoms with van der Waals surface area (Å²) in [5, 5.41) is 13.1. The fourth-order valence-electron chi connectivity index (χ4n) is 1.76. The maximum atomic E-state index is 9.69. The molecule has 2 N–H and O–H groups in total. The molecule has 18 heavy (non-hydrogen) atoms. The Labute approximate surface area is 109 Å². The number of benzene rings is 1. The minimum absolute atomic E-state index is 0.171. The van der Waals surface area contributed by atoms with Gasteiger partial charge in [-0.1, -0.05) is 19.9 Å². The van der Waals surface area contributed by atoms with Crippen LogP contribution < -0.4 is 10.1 Å². The standard InChI is InChI=1S/C14H23NO3/c1-10(2)12(9-17-3)15-8-11-5-6-14(18-4)13(16)7-11/h5-7,10,12,15-16H,8-9H2,1-4H3. The number of phenolic OH excluding ortho intramolecular Hbond substituents is 1. The van der Waals surface area contributed by atoms with Gasteiger partial charge in [-0.05, 0) is 23.6 Å². The molecule has 1 unspecified atom stereocenters. The van der Waals surface area contributed by atoms with Crippen molar-refractivity contribution in [1.82, 2.24) is 5.32 Å². The van der Waals surface area contributed by atoms with Gasteiger partial charge in [-0.3, -0.25) is 0 Å². The maximum absolute atomic E-state index is 9.69. The van der Waals surface area contributed by atoms with Crippen molar-refractivity contribution in [3.8, 4) is 11.5 Å². The highest BCUT2D eigenvalue weighted by Crippen LogP contribution is 2.26. The van der Waals surface area contributed by atoms with E-state index in [2.05, 4.69) is 19.2 Å². The van der Waals surface area contributed by atoms with Crippen LogP contribution in [0.1, 0.15) is 19.4 Å². The normalized spacial score (nSPS) is 12.7. The lowest BCUT2D eigenvalue weighted by atomic mass is 10.0. The van der Waals surface area contributed by atoms with Crippen LogP contribution in [0.25, 0.3) is 0 Å². The summed E-state index contributed by atoms with van der Waals surface area (Å²) in [6.45, 7) is 5.69. The zero-order valence-electron chi connectivity index (χ0n) is 11.6. The number of hydrogen-bond acceptors (Lipinski definition) is 4. The van der Waals surface area contributed by atoms with Crippen LogP contribution >= 0.6 is 0 Å². The summed E-state index contributed by atoms with van der Waals surface area (Å²) < 4.78 is 10.2. The van der Waals surface area contributed by atoms with Gasteiger partial charge in [-0.25, -0.2) is 0 Å². The van der Waals surface area contributed by atoms with Crippen molar-refractivity contribution in [3.63, 3.8) is 0 Å². The van der Waals surface area contributed by atoms with Gasteiger partial charge in [-0.2, -0.15) is 0 Å². The van der Waals surface area contributed by atoms with Gasteiger partial charge in [0.1, 0.15) is 0 Å². The second-order valence-electron chi connectivity index (χ2n) is 4.69. The van der Waals surface area contributed by atoms with E-state index < -0.39 is 0 Å². The van der Waals surface area contributed by atoms with Crippen LogP contribution in [0.5, 0.6) is 11.5 Å². The monoisotopic (exact) mass is 253 g/mol. The van der Waals surface area contributed by atoms with E-state index in [9.17, 15) is 5.11 Å². The zero-order valence-corrected chi connectivity index (χ0v) is 11.6. The average molecular weight is 253 g/mol. The Kier molecular flexibility index (Phi) is 5.95. The second kappa shape index (κ2) is 7.24. The first-order chi connectivity index (χ1) is 8.58. The fourth-order valence-corrected chi connectivity index (χ4v) is 1.76. The Morgan fingerprint density at radius 3 is 2.50 bits per heavy atom. The Morgan fingerprint density at radius 2 is 2.00 bits per heavy atom. The average Bonchev–Trinajstić information content (AvgIpc) is 2.34. The van der Waals surface area contributed by atoms with E-state index in [0.29, 0.717) is 30.9 Å². The lowest BCUT2D eigenvalue weighted by Crippen LogP contribution is -2.37. The number of methoxy groups -OCH3 is 2. The van der Waals surface area contributed by atoms with Gasteiger partial charge in [0, 0.05) is 19.7 Å². The van der Waals surface area contributed by atoms with E-state index in [-0.39, 0.29) is 5.75 Å². The highest BCUT2D eigenvalue weighted by atomic mass is 16.5. The first kappa shape index (κ1) is 14.8. The highest BCUT2D eigenvalue weighted by Gasteiger charge is 2.12. The minimum Gasteiger partial charge on any atom is -0.504 e. The number of ether oxygens (including phenoxy) is 2. The van der Waals surface area contributed by atoms with Crippen molar-refractivity contribution < 1.29 is 14.6 Å². The summed E-state index contributed by atoms with van der Waals surface area (Å²) >= 11 is 0. The third kappa shape index (κ3) is 4.20. The molecule has 0 spiro atoms. The summed E-state index contributed by atoms with van der Waals surface area (Å²) in [5.41, 5.74) is 1.02. The second-order valence-corrected chi connectivity index (χ2v) is 4.69. The Hall–Kier alpha value is -1.26. The molecule has 4 nitrogen and oxygen atoms in total. The van der Waals surface area contributed by atoms with Crippen LogP contribution in [0.15, 0.2) is 18.2 Å². The Balaban J connectivity index is 2.59. The Bertz CT molecular complexity index is 366. The summed E-state index contributed by atoms with van der Waals surface area (Å²) in [4.78, 5) is 0. The molecule has 1 atom stereocenters. The van der Waals surface area contributed by atoms with Crippen molar-refractivity contribution in [2.75, 3.05) is 20.8 Å². The third-order valence-corrected chi connectivity index (χ3v) is 2.96. The molecule has 0 bridgehead atoms. The van der Waals surface area contributed by atoms with Crippen molar-refractivity contribution in [2.24, 2.45) is 5.92 Å². The molecule has 0 aliphatic rings. The SMILES string of the molecule is COCC(NCc1ccc(OC)c(O)c1)C(C)C. The van der Waals surface area contributed by atoms with Crippen LogP contribution in [-0.4, -0.2) is 32.0 Å². The van der Waals surface area contributed by atoms with Crippen LogP contribution in [0.2, 0.25) is 0 Å². The summed E-state index contributed by atoms with van der Waals surface area (Å²) in [7, 11) is 3.25. The first-order valence-corrected chi connectivity index (χ1v) is 6.16. The topological polar surface area (TPSA) is 50.7 Å². The minimum atomic E-state index is 0.171. The number of phenols is 1.